The Balaban J connectivity index is 2.10. The van der Waals surface area contributed by atoms with E-state index in [4.69, 9.17) is 5.11 Å². The van der Waals surface area contributed by atoms with E-state index in [0.29, 0.717) is 12.6 Å². The highest BCUT2D eigenvalue weighted by Crippen LogP contribution is 2.33. The Morgan fingerprint density at radius 1 is 1.40 bits per heavy atom. The number of aryl methyl sites for hydroxylation is 1. The first-order valence-corrected chi connectivity index (χ1v) is 7.62. The predicted octanol–water partition coefficient (Wildman–Crippen LogP) is 3.85. The molecule has 0 aromatic heterocycles. The van der Waals surface area contributed by atoms with Crippen LogP contribution in [-0.4, -0.2) is 23.7 Å². The Bertz CT molecular complexity index is 454. The molecule has 3 nitrogen and oxygen atoms in total. The minimum Gasteiger partial charge on any atom is -0.481 e. The first-order chi connectivity index (χ1) is 9.58. The van der Waals surface area contributed by atoms with Crippen molar-refractivity contribution >= 4 is 11.7 Å². The van der Waals surface area contributed by atoms with Crippen LogP contribution < -0.4 is 4.90 Å². The third-order valence-electron chi connectivity index (χ3n) is 4.42. The molecule has 3 heteroatoms. The zero-order valence-corrected chi connectivity index (χ0v) is 12.5. The van der Waals surface area contributed by atoms with E-state index < -0.39 is 5.97 Å². The number of benzene rings is 1. The minimum absolute atomic E-state index is 0.198. The fraction of sp³-hybridized carbons (Fsp3) is 0.588. The van der Waals surface area contributed by atoms with Gasteiger partial charge in [0, 0.05) is 18.3 Å². The van der Waals surface area contributed by atoms with Crippen molar-refractivity contribution in [3.8, 4) is 0 Å². The van der Waals surface area contributed by atoms with Crippen LogP contribution >= 0.6 is 0 Å². The Kier molecular flexibility index (Phi) is 5.05. The lowest BCUT2D eigenvalue weighted by atomic mass is 9.81. The first-order valence-electron chi connectivity index (χ1n) is 7.62. The van der Waals surface area contributed by atoms with Crippen molar-refractivity contribution in [2.75, 3.05) is 11.4 Å². The van der Waals surface area contributed by atoms with Crippen LogP contribution in [-0.2, 0) is 4.79 Å². The maximum absolute atomic E-state index is 10.9. The number of hydrogen-bond donors (Lipinski definition) is 1. The fourth-order valence-corrected chi connectivity index (χ4v) is 3.02. The third-order valence-corrected chi connectivity index (χ3v) is 4.42. The molecule has 0 bridgehead atoms. The minimum atomic E-state index is -0.723. The van der Waals surface area contributed by atoms with E-state index in [1.165, 1.54) is 36.9 Å². The highest BCUT2D eigenvalue weighted by Gasteiger charge is 2.24. The Labute approximate surface area is 121 Å². The van der Waals surface area contributed by atoms with Crippen LogP contribution in [0.25, 0.3) is 0 Å². The average Bonchev–Trinajstić information content (AvgIpc) is 2.36. The van der Waals surface area contributed by atoms with E-state index in [0.717, 1.165) is 5.92 Å². The van der Waals surface area contributed by atoms with E-state index in [1.54, 1.807) is 0 Å². The molecule has 2 rings (SSSR count). The Morgan fingerprint density at radius 2 is 2.10 bits per heavy atom. The molecule has 0 spiro atoms. The molecule has 1 aromatic carbocycles. The van der Waals surface area contributed by atoms with Gasteiger partial charge >= 0.3 is 5.97 Å². The van der Waals surface area contributed by atoms with Crippen molar-refractivity contribution in [1.29, 1.82) is 0 Å². The molecule has 0 saturated heterocycles. The van der Waals surface area contributed by atoms with Crippen molar-refractivity contribution in [3.05, 3.63) is 29.8 Å². The maximum Gasteiger partial charge on any atom is 0.305 e. The van der Waals surface area contributed by atoms with E-state index in [9.17, 15) is 4.79 Å². The lowest BCUT2D eigenvalue weighted by molar-refractivity contribution is -0.136. The first kappa shape index (κ1) is 14.9. The number of carbonyl (C=O) groups is 1. The summed E-state index contributed by atoms with van der Waals surface area (Å²) in [6, 6.07) is 8.67. The molecule has 20 heavy (non-hydrogen) atoms. The van der Waals surface area contributed by atoms with Gasteiger partial charge in [-0.05, 0) is 37.8 Å². The van der Waals surface area contributed by atoms with Crippen LogP contribution in [0, 0.1) is 12.8 Å². The summed E-state index contributed by atoms with van der Waals surface area (Å²) in [6.07, 6.45) is 5.41. The molecule has 1 N–H and O–H groups in total. The van der Waals surface area contributed by atoms with E-state index >= 15 is 0 Å². The summed E-state index contributed by atoms with van der Waals surface area (Å²) in [6.45, 7) is 4.92. The number of rotatable bonds is 7. The largest absolute Gasteiger partial charge is 0.481 e. The van der Waals surface area contributed by atoms with Crippen molar-refractivity contribution in [2.24, 2.45) is 5.92 Å². The number of para-hydroxylation sites is 1. The number of aliphatic carboxylic acids is 1. The second-order valence-electron chi connectivity index (χ2n) is 6.01. The lowest BCUT2D eigenvalue weighted by Gasteiger charge is -2.36. The van der Waals surface area contributed by atoms with Gasteiger partial charge in [-0.15, -0.1) is 0 Å². The van der Waals surface area contributed by atoms with Gasteiger partial charge in [0.25, 0.3) is 0 Å². The van der Waals surface area contributed by atoms with Gasteiger partial charge in [0.2, 0.25) is 0 Å². The van der Waals surface area contributed by atoms with Gasteiger partial charge in [0.15, 0.2) is 0 Å². The molecule has 1 saturated carbocycles. The van der Waals surface area contributed by atoms with Crippen LogP contribution in [0.15, 0.2) is 24.3 Å². The van der Waals surface area contributed by atoms with Gasteiger partial charge in [-0.1, -0.05) is 37.5 Å². The summed E-state index contributed by atoms with van der Waals surface area (Å²) in [4.78, 5) is 13.2. The van der Waals surface area contributed by atoms with Crippen LogP contribution in [0.1, 0.15) is 44.6 Å². The molecule has 0 heterocycles. The monoisotopic (exact) mass is 275 g/mol. The van der Waals surface area contributed by atoms with E-state index in [1.807, 2.05) is 12.1 Å². The highest BCUT2D eigenvalue weighted by molar-refractivity contribution is 5.68. The quantitative estimate of drug-likeness (QED) is 0.821. The normalized spacial score (nSPS) is 16.5. The number of nitrogens with zero attached hydrogens (tertiary/aromatic N) is 1. The molecule has 0 amide bonds. The molecule has 1 aliphatic carbocycles. The second kappa shape index (κ2) is 6.78. The molecule has 0 radical (unpaired) electrons. The Hall–Kier alpha value is -1.51. The van der Waals surface area contributed by atoms with Gasteiger partial charge in [0.1, 0.15) is 0 Å². The number of carboxylic acid groups (broad SMARTS) is 1. The van der Waals surface area contributed by atoms with Crippen LogP contribution in [0.4, 0.5) is 5.69 Å². The van der Waals surface area contributed by atoms with Gasteiger partial charge in [-0.3, -0.25) is 4.79 Å². The smallest absolute Gasteiger partial charge is 0.305 e. The molecule has 110 valence electrons. The molecule has 1 unspecified atom stereocenters. The SMILES string of the molecule is Cc1ccccc1N(CCC(=O)O)C(C)CC1CCC1. The van der Waals surface area contributed by atoms with Crippen LogP contribution in [0.3, 0.4) is 0 Å². The molecular formula is C17H25NO2. The van der Waals surface area contributed by atoms with Crippen molar-refractivity contribution in [3.63, 3.8) is 0 Å². The summed E-state index contributed by atoms with van der Waals surface area (Å²) in [7, 11) is 0. The van der Waals surface area contributed by atoms with Crippen LogP contribution in [0.2, 0.25) is 0 Å². The second-order valence-corrected chi connectivity index (χ2v) is 6.01. The number of carboxylic acids is 1. The Morgan fingerprint density at radius 3 is 2.65 bits per heavy atom. The lowest BCUT2D eigenvalue weighted by Crippen LogP contribution is -2.37. The van der Waals surface area contributed by atoms with Gasteiger partial charge in [-0.25, -0.2) is 0 Å². The number of hydrogen-bond acceptors (Lipinski definition) is 2. The summed E-state index contributed by atoms with van der Waals surface area (Å²) in [5, 5.41) is 8.97. The third kappa shape index (κ3) is 3.75. The van der Waals surface area contributed by atoms with Crippen molar-refractivity contribution < 1.29 is 9.90 Å². The predicted molar refractivity (Wildman–Crippen MR) is 82.2 cm³/mol. The summed E-state index contributed by atoms with van der Waals surface area (Å²) in [5.41, 5.74) is 2.40. The molecule has 1 aromatic rings. The van der Waals surface area contributed by atoms with E-state index in [-0.39, 0.29) is 6.42 Å². The van der Waals surface area contributed by atoms with Gasteiger partial charge in [0.05, 0.1) is 6.42 Å². The summed E-state index contributed by atoms with van der Waals surface area (Å²) < 4.78 is 0. The van der Waals surface area contributed by atoms with Crippen molar-refractivity contribution in [2.45, 2.75) is 52.0 Å². The maximum atomic E-state index is 10.9. The molecule has 1 fully saturated rings. The van der Waals surface area contributed by atoms with E-state index in [2.05, 4.69) is 30.9 Å². The molecular weight excluding hydrogens is 250 g/mol. The summed E-state index contributed by atoms with van der Waals surface area (Å²) in [5.74, 6) is 0.112. The summed E-state index contributed by atoms with van der Waals surface area (Å²) >= 11 is 0. The zero-order valence-electron chi connectivity index (χ0n) is 12.5. The number of anilines is 1. The molecule has 0 aliphatic heterocycles. The average molecular weight is 275 g/mol. The van der Waals surface area contributed by atoms with Gasteiger partial charge in [-0.2, -0.15) is 0 Å². The highest BCUT2D eigenvalue weighted by atomic mass is 16.4. The molecule has 1 atom stereocenters. The molecule has 1 aliphatic rings. The zero-order chi connectivity index (χ0) is 14.5. The van der Waals surface area contributed by atoms with Crippen molar-refractivity contribution in [1.82, 2.24) is 0 Å². The van der Waals surface area contributed by atoms with Gasteiger partial charge < -0.3 is 10.0 Å². The standard InChI is InChI=1S/C17H25NO2/c1-13-6-3-4-9-16(13)18(11-10-17(19)20)14(2)12-15-7-5-8-15/h3-4,6,9,14-15H,5,7-8,10-12H2,1-2H3,(H,19,20). The fourth-order valence-electron chi connectivity index (χ4n) is 3.02. The topological polar surface area (TPSA) is 40.5 Å². The van der Waals surface area contributed by atoms with Crippen LogP contribution in [0.5, 0.6) is 0 Å².